The van der Waals surface area contributed by atoms with E-state index in [1.54, 1.807) is 37.5 Å². The molecule has 0 aliphatic heterocycles. The van der Waals surface area contributed by atoms with Crippen LogP contribution in [0.4, 0.5) is 10.1 Å². The van der Waals surface area contributed by atoms with Crippen LogP contribution in [0.15, 0.2) is 59.2 Å². The van der Waals surface area contributed by atoms with E-state index in [9.17, 15) is 9.18 Å². The Morgan fingerprint density at radius 3 is 2.67 bits per heavy atom. The number of para-hydroxylation sites is 1. The molecule has 0 N–H and O–H groups in total. The quantitative estimate of drug-likeness (QED) is 0.669. The highest BCUT2D eigenvalue weighted by Crippen LogP contribution is 2.24. The van der Waals surface area contributed by atoms with Gasteiger partial charge in [0.2, 0.25) is 0 Å². The average molecular weight is 388 g/mol. The number of aryl methyl sites for hydroxylation is 1. The number of hydrogen-bond donors (Lipinski definition) is 0. The molecule has 1 aromatic heterocycles. The molecule has 1 heterocycles. The molecule has 0 radical (unpaired) electrons. The van der Waals surface area contributed by atoms with Gasteiger partial charge in [-0.2, -0.15) is 5.10 Å². The van der Waals surface area contributed by atoms with Gasteiger partial charge in [0, 0.05) is 23.4 Å². The minimum Gasteiger partial charge on any atom is -0.310 e. The van der Waals surface area contributed by atoms with Crippen LogP contribution in [0.1, 0.15) is 16.1 Å². The summed E-state index contributed by atoms with van der Waals surface area (Å²) in [6.45, 7) is 1.93. The lowest BCUT2D eigenvalue weighted by Gasteiger charge is -2.18. The number of halogens is 2. The molecule has 0 spiro atoms. The number of rotatable bonds is 3. The van der Waals surface area contributed by atoms with Crippen LogP contribution < -0.4 is 4.90 Å². The van der Waals surface area contributed by atoms with Gasteiger partial charge in [-0.3, -0.25) is 4.79 Å². The number of nitrogens with zero attached hydrogens (tertiary/aromatic N) is 3. The monoisotopic (exact) mass is 387 g/mol. The average Bonchev–Trinajstić information content (AvgIpc) is 3.03. The first-order valence-electron chi connectivity index (χ1n) is 7.32. The number of benzene rings is 2. The highest BCUT2D eigenvalue weighted by atomic mass is 79.9. The summed E-state index contributed by atoms with van der Waals surface area (Å²) in [5.41, 5.74) is 2.32. The van der Waals surface area contributed by atoms with Crippen molar-refractivity contribution in [1.82, 2.24) is 9.78 Å². The molecule has 0 unspecified atom stereocenters. The summed E-state index contributed by atoms with van der Waals surface area (Å²) in [7, 11) is 1.70. The summed E-state index contributed by atoms with van der Waals surface area (Å²) in [5.74, 6) is -0.646. The fourth-order valence-electron chi connectivity index (χ4n) is 2.49. The van der Waals surface area contributed by atoms with E-state index in [0.717, 1.165) is 15.7 Å². The highest BCUT2D eigenvalue weighted by molar-refractivity contribution is 9.10. The predicted octanol–water partition coefficient (Wildman–Crippen LogP) is 4.36. The molecule has 0 aliphatic carbocycles. The first-order chi connectivity index (χ1) is 11.5. The Morgan fingerprint density at radius 1 is 1.21 bits per heavy atom. The van der Waals surface area contributed by atoms with Gasteiger partial charge in [-0.15, -0.1) is 0 Å². The van der Waals surface area contributed by atoms with E-state index in [-0.39, 0.29) is 11.6 Å². The van der Waals surface area contributed by atoms with Gasteiger partial charge in [0.25, 0.3) is 5.91 Å². The molecule has 122 valence electrons. The highest BCUT2D eigenvalue weighted by Gasteiger charge is 2.18. The predicted molar refractivity (Wildman–Crippen MR) is 95.1 cm³/mol. The van der Waals surface area contributed by atoms with E-state index >= 15 is 0 Å². The van der Waals surface area contributed by atoms with Gasteiger partial charge in [-0.1, -0.05) is 28.1 Å². The van der Waals surface area contributed by atoms with Crippen LogP contribution in [-0.2, 0) is 0 Å². The van der Waals surface area contributed by atoms with Crippen molar-refractivity contribution in [2.45, 2.75) is 6.92 Å². The Bertz CT molecular complexity index is 907. The number of anilines is 1. The van der Waals surface area contributed by atoms with E-state index in [1.165, 1.54) is 15.6 Å². The summed E-state index contributed by atoms with van der Waals surface area (Å²) < 4.78 is 16.2. The van der Waals surface area contributed by atoms with Crippen molar-refractivity contribution in [2.24, 2.45) is 0 Å². The van der Waals surface area contributed by atoms with Crippen LogP contribution in [0.2, 0.25) is 0 Å². The van der Waals surface area contributed by atoms with E-state index in [4.69, 9.17) is 0 Å². The standard InChI is InChI=1S/C18H15BrFN3O/c1-12-11-13(19)7-8-16(12)22(2)18(24)15-9-10-23(21-15)17-6-4-3-5-14(17)20/h3-11H,1-2H3. The van der Waals surface area contributed by atoms with Crippen molar-refractivity contribution in [2.75, 3.05) is 11.9 Å². The van der Waals surface area contributed by atoms with Crippen molar-refractivity contribution in [3.8, 4) is 5.69 Å². The SMILES string of the molecule is Cc1cc(Br)ccc1N(C)C(=O)c1ccn(-c2ccccc2F)n1. The number of hydrogen-bond acceptors (Lipinski definition) is 2. The molecule has 4 nitrogen and oxygen atoms in total. The van der Waals surface area contributed by atoms with Gasteiger partial charge in [0.15, 0.2) is 5.69 Å². The second-order valence-corrected chi connectivity index (χ2v) is 6.31. The molecule has 0 bridgehead atoms. The first-order valence-corrected chi connectivity index (χ1v) is 8.11. The van der Waals surface area contributed by atoms with E-state index < -0.39 is 5.82 Å². The van der Waals surface area contributed by atoms with Gasteiger partial charge in [-0.05, 0) is 48.9 Å². The molecule has 24 heavy (non-hydrogen) atoms. The zero-order valence-corrected chi connectivity index (χ0v) is 14.8. The topological polar surface area (TPSA) is 38.1 Å². The Morgan fingerprint density at radius 2 is 1.96 bits per heavy atom. The zero-order chi connectivity index (χ0) is 17.3. The molecule has 6 heteroatoms. The lowest BCUT2D eigenvalue weighted by Crippen LogP contribution is -2.27. The van der Waals surface area contributed by atoms with E-state index in [2.05, 4.69) is 21.0 Å². The smallest absolute Gasteiger partial charge is 0.278 e. The van der Waals surface area contributed by atoms with Crippen LogP contribution in [0.5, 0.6) is 0 Å². The molecule has 0 saturated carbocycles. The normalized spacial score (nSPS) is 10.7. The molecule has 0 fully saturated rings. The summed E-state index contributed by atoms with van der Waals surface area (Å²) in [6, 6.07) is 13.6. The number of amides is 1. The van der Waals surface area contributed by atoms with Gasteiger partial charge in [0.1, 0.15) is 11.5 Å². The molecule has 0 saturated heterocycles. The third kappa shape index (κ3) is 3.10. The maximum atomic E-state index is 13.8. The summed E-state index contributed by atoms with van der Waals surface area (Å²) in [4.78, 5) is 14.2. The zero-order valence-electron chi connectivity index (χ0n) is 13.2. The Labute approximate surface area is 147 Å². The second kappa shape index (κ2) is 6.57. The number of carbonyl (C=O) groups excluding carboxylic acids is 1. The van der Waals surface area contributed by atoms with Crippen LogP contribution >= 0.6 is 15.9 Å². The lowest BCUT2D eigenvalue weighted by atomic mass is 10.2. The Hall–Kier alpha value is -2.47. The molecule has 3 aromatic rings. The first kappa shape index (κ1) is 16.4. The van der Waals surface area contributed by atoms with E-state index in [0.29, 0.717) is 5.69 Å². The van der Waals surface area contributed by atoms with Crippen LogP contribution in [0, 0.1) is 12.7 Å². The molecule has 3 rings (SSSR count). The Balaban J connectivity index is 1.90. The second-order valence-electron chi connectivity index (χ2n) is 5.39. The molecular weight excluding hydrogens is 373 g/mol. The number of carbonyl (C=O) groups is 1. The van der Waals surface area contributed by atoms with Crippen molar-refractivity contribution in [1.29, 1.82) is 0 Å². The minimum absolute atomic E-state index is 0.253. The molecule has 2 aromatic carbocycles. The largest absolute Gasteiger partial charge is 0.310 e. The van der Waals surface area contributed by atoms with Crippen molar-refractivity contribution in [3.63, 3.8) is 0 Å². The Kier molecular flexibility index (Phi) is 4.49. The van der Waals surface area contributed by atoms with Gasteiger partial charge in [0.05, 0.1) is 0 Å². The maximum absolute atomic E-state index is 13.8. The fraction of sp³-hybridized carbons (Fsp3) is 0.111. The van der Waals surface area contributed by atoms with Crippen molar-refractivity contribution in [3.05, 3.63) is 76.3 Å². The van der Waals surface area contributed by atoms with Crippen molar-refractivity contribution >= 4 is 27.5 Å². The summed E-state index contributed by atoms with van der Waals surface area (Å²) in [5, 5.41) is 4.21. The maximum Gasteiger partial charge on any atom is 0.278 e. The van der Waals surface area contributed by atoms with E-state index in [1.807, 2.05) is 25.1 Å². The van der Waals surface area contributed by atoms with Gasteiger partial charge < -0.3 is 4.90 Å². The van der Waals surface area contributed by atoms with Gasteiger partial charge in [-0.25, -0.2) is 9.07 Å². The van der Waals surface area contributed by atoms with Gasteiger partial charge >= 0.3 is 0 Å². The van der Waals surface area contributed by atoms with Crippen molar-refractivity contribution < 1.29 is 9.18 Å². The third-order valence-electron chi connectivity index (χ3n) is 3.73. The molecule has 0 aliphatic rings. The molecule has 1 amide bonds. The summed E-state index contributed by atoms with van der Waals surface area (Å²) >= 11 is 3.41. The van der Waals surface area contributed by atoms with Crippen LogP contribution in [0.3, 0.4) is 0 Å². The van der Waals surface area contributed by atoms with Crippen LogP contribution in [-0.4, -0.2) is 22.7 Å². The summed E-state index contributed by atoms with van der Waals surface area (Å²) in [6.07, 6.45) is 1.58. The number of aromatic nitrogens is 2. The minimum atomic E-state index is -0.392. The lowest BCUT2D eigenvalue weighted by molar-refractivity contribution is 0.0987. The third-order valence-corrected chi connectivity index (χ3v) is 4.23. The fourth-order valence-corrected chi connectivity index (χ4v) is 2.96. The molecule has 0 atom stereocenters. The molecular formula is C18H15BrFN3O. The van der Waals surface area contributed by atoms with Crippen LogP contribution in [0.25, 0.3) is 5.69 Å².